The van der Waals surface area contributed by atoms with E-state index in [0.29, 0.717) is 0 Å². The molecule has 0 unspecified atom stereocenters. The Bertz CT molecular complexity index is 319. The molecular weight excluding hydrogens is 176 g/mol. The molecule has 14 heavy (non-hydrogen) atoms. The molecule has 0 aromatic heterocycles. The largest absolute Gasteiger partial charge is 0.399 e. The standard InChI is InChI=1S/C11H16N2O/c1-9-2-3-10(12)8-11(9)13-4-6-14-7-5-13/h2-3,8H,4-7,12H2,1H3. The number of ether oxygens (including phenoxy) is 1. The molecule has 0 bridgehead atoms. The van der Waals surface area contributed by atoms with Crippen molar-refractivity contribution in [1.29, 1.82) is 0 Å². The van der Waals surface area contributed by atoms with Gasteiger partial charge in [-0.25, -0.2) is 0 Å². The van der Waals surface area contributed by atoms with Crippen LogP contribution in [0.3, 0.4) is 0 Å². The third-order valence-corrected chi connectivity index (χ3v) is 2.58. The Morgan fingerprint density at radius 1 is 1.29 bits per heavy atom. The first-order valence-electron chi connectivity index (χ1n) is 4.96. The van der Waals surface area contributed by atoms with Gasteiger partial charge in [-0.15, -0.1) is 0 Å². The van der Waals surface area contributed by atoms with E-state index in [1.807, 2.05) is 12.1 Å². The van der Waals surface area contributed by atoms with Crippen LogP contribution in [0.5, 0.6) is 0 Å². The summed E-state index contributed by atoms with van der Waals surface area (Å²) in [5.74, 6) is 0. The van der Waals surface area contributed by atoms with Gasteiger partial charge in [0.25, 0.3) is 0 Å². The van der Waals surface area contributed by atoms with E-state index in [0.717, 1.165) is 32.0 Å². The molecule has 76 valence electrons. The van der Waals surface area contributed by atoms with Crippen molar-refractivity contribution < 1.29 is 4.74 Å². The highest BCUT2D eigenvalue weighted by atomic mass is 16.5. The maximum absolute atomic E-state index is 5.78. The van der Waals surface area contributed by atoms with Crippen LogP contribution in [0.2, 0.25) is 0 Å². The maximum atomic E-state index is 5.78. The van der Waals surface area contributed by atoms with Gasteiger partial charge in [0.05, 0.1) is 13.2 Å². The van der Waals surface area contributed by atoms with Gasteiger partial charge < -0.3 is 15.4 Å². The van der Waals surface area contributed by atoms with Crippen molar-refractivity contribution in [2.75, 3.05) is 36.9 Å². The number of morpholine rings is 1. The number of nitrogen functional groups attached to an aromatic ring is 1. The van der Waals surface area contributed by atoms with E-state index < -0.39 is 0 Å². The van der Waals surface area contributed by atoms with Crippen molar-refractivity contribution in [2.24, 2.45) is 0 Å². The van der Waals surface area contributed by atoms with E-state index >= 15 is 0 Å². The fourth-order valence-electron chi connectivity index (χ4n) is 1.77. The lowest BCUT2D eigenvalue weighted by molar-refractivity contribution is 0.122. The van der Waals surface area contributed by atoms with Crippen LogP contribution < -0.4 is 10.6 Å². The minimum atomic E-state index is 0.814. The van der Waals surface area contributed by atoms with Gasteiger partial charge in [-0.1, -0.05) is 6.07 Å². The normalized spacial score (nSPS) is 17.1. The molecule has 1 aliphatic heterocycles. The number of rotatable bonds is 1. The van der Waals surface area contributed by atoms with Crippen LogP contribution in [0.25, 0.3) is 0 Å². The number of hydrogen-bond acceptors (Lipinski definition) is 3. The molecule has 0 atom stereocenters. The lowest BCUT2D eigenvalue weighted by Gasteiger charge is -2.30. The average molecular weight is 192 g/mol. The second kappa shape index (κ2) is 3.88. The zero-order valence-electron chi connectivity index (χ0n) is 8.49. The van der Waals surface area contributed by atoms with Crippen LogP contribution in [-0.4, -0.2) is 26.3 Å². The van der Waals surface area contributed by atoms with E-state index in [9.17, 15) is 0 Å². The highest BCUT2D eigenvalue weighted by Gasteiger charge is 2.12. The SMILES string of the molecule is Cc1ccc(N)cc1N1CCOCC1. The van der Waals surface area contributed by atoms with Crippen LogP contribution in [0, 0.1) is 6.92 Å². The molecule has 3 nitrogen and oxygen atoms in total. The highest BCUT2D eigenvalue weighted by molar-refractivity contribution is 5.61. The van der Waals surface area contributed by atoms with E-state index in [1.165, 1.54) is 11.3 Å². The third kappa shape index (κ3) is 1.82. The predicted molar refractivity (Wildman–Crippen MR) is 58.6 cm³/mol. The summed E-state index contributed by atoms with van der Waals surface area (Å²) < 4.78 is 5.32. The predicted octanol–water partition coefficient (Wildman–Crippen LogP) is 1.41. The molecular formula is C11H16N2O. The lowest BCUT2D eigenvalue weighted by Crippen LogP contribution is -2.36. The minimum Gasteiger partial charge on any atom is -0.399 e. The summed E-state index contributed by atoms with van der Waals surface area (Å²) in [7, 11) is 0. The Labute approximate surface area is 84.5 Å². The molecule has 1 aliphatic rings. The van der Waals surface area contributed by atoms with Gasteiger partial charge in [0.2, 0.25) is 0 Å². The van der Waals surface area contributed by atoms with Crippen LogP contribution in [0.4, 0.5) is 11.4 Å². The second-order valence-electron chi connectivity index (χ2n) is 3.65. The summed E-state index contributed by atoms with van der Waals surface area (Å²) in [5.41, 5.74) is 9.13. The Balaban J connectivity index is 2.24. The maximum Gasteiger partial charge on any atom is 0.0642 e. The van der Waals surface area contributed by atoms with E-state index in [1.54, 1.807) is 0 Å². The van der Waals surface area contributed by atoms with Gasteiger partial charge in [0.15, 0.2) is 0 Å². The van der Waals surface area contributed by atoms with Gasteiger partial charge in [0.1, 0.15) is 0 Å². The summed E-state index contributed by atoms with van der Waals surface area (Å²) in [4.78, 5) is 2.33. The highest BCUT2D eigenvalue weighted by Crippen LogP contribution is 2.23. The van der Waals surface area contributed by atoms with Crippen molar-refractivity contribution in [1.82, 2.24) is 0 Å². The molecule has 1 fully saturated rings. The van der Waals surface area contributed by atoms with Crippen molar-refractivity contribution >= 4 is 11.4 Å². The van der Waals surface area contributed by atoms with Gasteiger partial charge in [0, 0.05) is 24.5 Å². The minimum absolute atomic E-state index is 0.814. The van der Waals surface area contributed by atoms with E-state index in [4.69, 9.17) is 10.5 Å². The first-order valence-corrected chi connectivity index (χ1v) is 4.96. The van der Waals surface area contributed by atoms with E-state index in [-0.39, 0.29) is 0 Å². The first kappa shape index (κ1) is 9.34. The van der Waals surface area contributed by atoms with E-state index in [2.05, 4.69) is 17.9 Å². The number of anilines is 2. The lowest BCUT2D eigenvalue weighted by atomic mass is 10.1. The fourth-order valence-corrected chi connectivity index (χ4v) is 1.77. The van der Waals surface area contributed by atoms with Crippen molar-refractivity contribution in [3.05, 3.63) is 23.8 Å². The smallest absolute Gasteiger partial charge is 0.0642 e. The van der Waals surface area contributed by atoms with Gasteiger partial charge >= 0.3 is 0 Å². The summed E-state index contributed by atoms with van der Waals surface area (Å²) in [5, 5.41) is 0. The topological polar surface area (TPSA) is 38.5 Å². The van der Waals surface area contributed by atoms with Crippen molar-refractivity contribution in [3.8, 4) is 0 Å². The number of nitrogens with two attached hydrogens (primary N) is 1. The molecule has 1 saturated heterocycles. The molecule has 0 radical (unpaired) electrons. The average Bonchev–Trinajstić information content (AvgIpc) is 2.23. The third-order valence-electron chi connectivity index (χ3n) is 2.58. The number of aryl methyl sites for hydroxylation is 1. The molecule has 1 aromatic carbocycles. The molecule has 0 spiro atoms. The van der Waals surface area contributed by atoms with Gasteiger partial charge in [-0.05, 0) is 24.6 Å². The summed E-state index contributed by atoms with van der Waals surface area (Å²) in [6, 6.07) is 6.06. The zero-order valence-corrected chi connectivity index (χ0v) is 8.49. The fraction of sp³-hybridized carbons (Fsp3) is 0.455. The summed E-state index contributed by atoms with van der Waals surface area (Å²) >= 11 is 0. The number of benzene rings is 1. The van der Waals surface area contributed by atoms with Gasteiger partial charge in [-0.3, -0.25) is 0 Å². The van der Waals surface area contributed by atoms with Crippen LogP contribution >= 0.6 is 0 Å². The monoisotopic (exact) mass is 192 g/mol. The number of nitrogens with zero attached hydrogens (tertiary/aromatic N) is 1. The van der Waals surface area contributed by atoms with Crippen molar-refractivity contribution in [3.63, 3.8) is 0 Å². The van der Waals surface area contributed by atoms with Crippen molar-refractivity contribution in [2.45, 2.75) is 6.92 Å². The first-order chi connectivity index (χ1) is 6.77. The van der Waals surface area contributed by atoms with Gasteiger partial charge in [-0.2, -0.15) is 0 Å². The van der Waals surface area contributed by atoms with Crippen LogP contribution in [0.1, 0.15) is 5.56 Å². The molecule has 1 aromatic rings. The molecule has 0 amide bonds. The summed E-state index contributed by atoms with van der Waals surface area (Å²) in [6.07, 6.45) is 0. The Hall–Kier alpha value is -1.22. The Morgan fingerprint density at radius 3 is 2.71 bits per heavy atom. The second-order valence-corrected chi connectivity index (χ2v) is 3.65. The molecule has 2 rings (SSSR count). The Morgan fingerprint density at radius 2 is 2.00 bits per heavy atom. The molecule has 0 saturated carbocycles. The zero-order chi connectivity index (χ0) is 9.97. The molecule has 2 N–H and O–H groups in total. The van der Waals surface area contributed by atoms with Crippen LogP contribution in [-0.2, 0) is 4.74 Å². The summed E-state index contributed by atoms with van der Waals surface area (Å²) in [6.45, 7) is 5.67. The molecule has 1 heterocycles. The quantitative estimate of drug-likeness (QED) is 0.684. The molecule has 3 heteroatoms. The number of hydrogen-bond donors (Lipinski definition) is 1. The van der Waals surface area contributed by atoms with Crippen LogP contribution in [0.15, 0.2) is 18.2 Å². The Kier molecular flexibility index (Phi) is 2.59. The molecule has 0 aliphatic carbocycles.